The molecule has 1 fully saturated rings. The number of rotatable bonds is 6. The van der Waals surface area contributed by atoms with Crippen LogP contribution in [0.2, 0.25) is 0 Å². The van der Waals surface area contributed by atoms with Crippen molar-refractivity contribution in [2.45, 2.75) is 43.7 Å². The summed E-state index contributed by atoms with van der Waals surface area (Å²) >= 11 is 1.09. The molecule has 7 nitrogen and oxygen atoms in total. The van der Waals surface area contributed by atoms with Crippen LogP contribution in [-0.2, 0) is 14.8 Å². The summed E-state index contributed by atoms with van der Waals surface area (Å²) in [7, 11) is -2.21. The highest BCUT2D eigenvalue weighted by Crippen LogP contribution is 2.25. The first kappa shape index (κ1) is 17.9. The fourth-order valence-corrected chi connectivity index (χ4v) is 5.34. The van der Waals surface area contributed by atoms with E-state index in [0.29, 0.717) is 17.7 Å². The smallest absolute Gasteiger partial charge is 0.261 e. The zero-order valence-corrected chi connectivity index (χ0v) is 15.0. The molecule has 1 aromatic rings. The van der Waals surface area contributed by atoms with Crippen LogP contribution in [0.1, 0.15) is 36.4 Å². The van der Waals surface area contributed by atoms with Gasteiger partial charge in [0.25, 0.3) is 5.91 Å². The number of hydrogen-bond acceptors (Lipinski definition) is 5. The number of thiophene rings is 1. The van der Waals surface area contributed by atoms with Crippen molar-refractivity contribution in [1.29, 1.82) is 0 Å². The predicted octanol–water partition coefficient (Wildman–Crippen LogP) is 0.785. The van der Waals surface area contributed by atoms with Gasteiger partial charge in [0, 0.05) is 37.5 Å². The van der Waals surface area contributed by atoms with E-state index >= 15 is 0 Å². The fraction of sp³-hybridized carbons (Fsp3) is 0.571. The Labute approximate surface area is 140 Å². The molecule has 0 radical (unpaired) electrons. The number of carbonyl (C=O) groups excluding carboxylic acids is 2. The van der Waals surface area contributed by atoms with Gasteiger partial charge in [-0.05, 0) is 26.3 Å². The Kier molecular flexibility index (Phi) is 5.43. The Balaban J connectivity index is 2.24. The van der Waals surface area contributed by atoms with Crippen LogP contribution in [0.4, 0.5) is 0 Å². The average molecular weight is 359 g/mol. The van der Waals surface area contributed by atoms with Gasteiger partial charge in [0.05, 0.1) is 9.77 Å². The van der Waals surface area contributed by atoms with Gasteiger partial charge < -0.3 is 10.6 Å². The van der Waals surface area contributed by atoms with Crippen molar-refractivity contribution >= 4 is 33.2 Å². The van der Waals surface area contributed by atoms with Gasteiger partial charge >= 0.3 is 0 Å². The van der Waals surface area contributed by atoms with Crippen molar-refractivity contribution in [3.63, 3.8) is 0 Å². The molecular formula is C14H21N3O4S2. The monoisotopic (exact) mass is 359 g/mol. The Morgan fingerprint density at radius 2 is 2.22 bits per heavy atom. The molecule has 1 aliphatic rings. The summed E-state index contributed by atoms with van der Waals surface area (Å²) < 4.78 is 27.1. The minimum absolute atomic E-state index is 0.0476. The Morgan fingerprint density at radius 1 is 1.52 bits per heavy atom. The van der Waals surface area contributed by atoms with E-state index in [0.717, 1.165) is 11.3 Å². The molecule has 1 atom stereocenters. The van der Waals surface area contributed by atoms with Gasteiger partial charge in [-0.25, -0.2) is 8.42 Å². The van der Waals surface area contributed by atoms with Crippen LogP contribution in [0.25, 0.3) is 0 Å². The molecule has 0 aromatic carbocycles. The molecule has 9 heteroatoms. The van der Waals surface area contributed by atoms with Crippen LogP contribution < -0.4 is 10.6 Å². The quantitative estimate of drug-likeness (QED) is 0.785. The summed E-state index contributed by atoms with van der Waals surface area (Å²) in [5, 5.41) is 6.74. The van der Waals surface area contributed by atoms with Crippen LogP contribution >= 0.6 is 11.3 Å². The van der Waals surface area contributed by atoms with E-state index in [9.17, 15) is 18.0 Å². The summed E-state index contributed by atoms with van der Waals surface area (Å²) in [4.78, 5) is 23.4. The van der Waals surface area contributed by atoms with E-state index in [2.05, 4.69) is 10.6 Å². The first-order valence-electron chi connectivity index (χ1n) is 7.37. The molecule has 128 valence electrons. The van der Waals surface area contributed by atoms with Gasteiger partial charge in [0.15, 0.2) is 0 Å². The lowest BCUT2D eigenvalue weighted by Gasteiger charge is -2.28. The molecule has 23 heavy (non-hydrogen) atoms. The molecule has 2 N–H and O–H groups in total. The van der Waals surface area contributed by atoms with E-state index < -0.39 is 10.0 Å². The predicted molar refractivity (Wildman–Crippen MR) is 87.9 cm³/mol. The fourth-order valence-electron chi connectivity index (χ4n) is 2.45. The zero-order valence-electron chi connectivity index (χ0n) is 13.3. The normalized spacial score (nSPS) is 18.5. The van der Waals surface area contributed by atoms with Gasteiger partial charge in [0.2, 0.25) is 15.9 Å². The van der Waals surface area contributed by atoms with Gasteiger partial charge in [-0.15, -0.1) is 11.3 Å². The molecule has 1 unspecified atom stereocenters. The summed E-state index contributed by atoms with van der Waals surface area (Å²) in [6, 6.07) is 0.971. The average Bonchev–Trinajstić information content (AvgIpc) is 3.12. The van der Waals surface area contributed by atoms with Crippen LogP contribution in [0.15, 0.2) is 16.3 Å². The highest BCUT2D eigenvalue weighted by Gasteiger charge is 2.33. The number of carbonyl (C=O) groups is 2. The lowest BCUT2D eigenvalue weighted by atomic mass is 10.2. The number of amides is 2. The molecule has 0 spiro atoms. The van der Waals surface area contributed by atoms with Crippen molar-refractivity contribution in [1.82, 2.24) is 14.9 Å². The van der Waals surface area contributed by atoms with Crippen LogP contribution in [-0.4, -0.2) is 50.2 Å². The highest BCUT2D eigenvalue weighted by molar-refractivity contribution is 7.89. The zero-order chi connectivity index (χ0) is 17.2. The van der Waals surface area contributed by atoms with E-state index in [1.807, 2.05) is 0 Å². The van der Waals surface area contributed by atoms with Crippen molar-refractivity contribution in [3.05, 3.63) is 16.3 Å². The highest BCUT2D eigenvalue weighted by atomic mass is 32.2. The first-order valence-corrected chi connectivity index (χ1v) is 9.69. The third-order valence-corrected chi connectivity index (χ3v) is 6.79. The van der Waals surface area contributed by atoms with E-state index in [1.54, 1.807) is 13.8 Å². The number of nitrogens with one attached hydrogen (secondary N) is 2. The molecule has 1 aromatic heterocycles. The summed E-state index contributed by atoms with van der Waals surface area (Å²) in [6.45, 7) is 3.82. The van der Waals surface area contributed by atoms with Gasteiger partial charge in [-0.2, -0.15) is 4.31 Å². The van der Waals surface area contributed by atoms with Crippen LogP contribution in [0, 0.1) is 0 Å². The lowest BCUT2D eigenvalue weighted by Crippen LogP contribution is -2.45. The first-order chi connectivity index (χ1) is 10.8. The van der Waals surface area contributed by atoms with Gasteiger partial charge in [-0.1, -0.05) is 0 Å². The molecule has 1 saturated heterocycles. The molecule has 2 rings (SSSR count). The maximum Gasteiger partial charge on any atom is 0.261 e. The molecule has 2 amide bonds. The summed E-state index contributed by atoms with van der Waals surface area (Å²) in [5.74, 6) is -0.357. The number of sulfonamides is 1. The minimum Gasteiger partial charge on any atom is -0.354 e. The minimum atomic E-state index is -3.71. The third-order valence-electron chi connectivity index (χ3n) is 3.69. The van der Waals surface area contributed by atoms with Crippen molar-refractivity contribution in [2.24, 2.45) is 0 Å². The van der Waals surface area contributed by atoms with E-state index in [4.69, 9.17) is 0 Å². The number of nitrogens with zero attached hydrogens (tertiary/aromatic N) is 1. The lowest BCUT2D eigenvalue weighted by molar-refractivity contribution is -0.119. The van der Waals surface area contributed by atoms with Gasteiger partial charge in [0.1, 0.15) is 0 Å². The molecular weight excluding hydrogens is 338 g/mol. The van der Waals surface area contributed by atoms with Crippen molar-refractivity contribution in [2.75, 3.05) is 13.6 Å². The molecule has 0 bridgehead atoms. The molecule has 2 heterocycles. The largest absolute Gasteiger partial charge is 0.354 e. The molecule has 1 aliphatic heterocycles. The summed E-state index contributed by atoms with van der Waals surface area (Å²) in [5.41, 5.74) is 0. The van der Waals surface area contributed by atoms with Crippen molar-refractivity contribution < 1.29 is 18.0 Å². The Morgan fingerprint density at radius 3 is 2.74 bits per heavy atom. The van der Waals surface area contributed by atoms with E-state index in [1.165, 1.54) is 22.8 Å². The summed E-state index contributed by atoms with van der Waals surface area (Å²) in [6.07, 6.45) is 1.06. The second kappa shape index (κ2) is 6.98. The topological polar surface area (TPSA) is 95.6 Å². The standard InChI is InChI=1S/C14H21N3O4S2/c1-9(2)17(7-10-4-5-13(18)16-10)23(20,21)11-6-12(22-8-11)14(19)15-3/h6,8-10H,4-5,7H2,1-3H3,(H,15,19)(H,16,18). The molecule has 0 aliphatic carbocycles. The van der Waals surface area contributed by atoms with Crippen LogP contribution in [0.5, 0.6) is 0 Å². The Hall–Kier alpha value is -1.45. The SMILES string of the molecule is CNC(=O)c1cc(S(=O)(=O)N(CC2CCC(=O)N2)C(C)C)cs1. The Bertz CT molecular complexity index is 697. The van der Waals surface area contributed by atoms with Crippen LogP contribution in [0.3, 0.4) is 0 Å². The third kappa shape index (κ3) is 3.91. The van der Waals surface area contributed by atoms with Gasteiger partial charge in [-0.3, -0.25) is 9.59 Å². The number of hydrogen-bond donors (Lipinski definition) is 2. The second-order valence-corrected chi connectivity index (χ2v) is 8.50. The maximum absolute atomic E-state index is 12.9. The van der Waals surface area contributed by atoms with Crippen molar-refractivity contribution in [3.8, 4) is 0 Å². The van der Waals surface area contributed by atoms with E-state index in [-0.39, 0.29) is 35.3 Å². The maximum atomic E-state index is 12.9. The molecule has 0 saturated carbocycles. The second-order valence-electron chi connectivity index (χ2n) is 5.70.